The van der Waals surface area contributed by atoms with Gasteiger partial charge in [0.15, 0.2) is 5.69 Å². The summed E-state index contributed by atoms with van der Waals surface area (Å²) >= 11 is 6.95. The summed E-state index contributed by atoms with van der Waals surface area (Å²) in [6.07, 6.45) is -3.87. The summed E-state index contributed by atoms with van der Waals surface area (Å²) in [5.41, 5.74) is -0.432. The number of halogens is 4. The Morgan fingerprint density at radius 3 is 2.55 bits per heavy atom. The summed E-state index contributed by atoms with van der Waals surface area (Å²) in [4.78, 5) is 0. The molecule has 4 nitrogen and oxygen atoms in total. The van der Waals surface area contributed by atoms with E-state index in [1.165, 1.54) is 7.05 Å². The Kier molecular flexibility index (Phi) is 5.02. The summed E-state index contributed by atoms with van der Waals surface area (Å²) < 4.78 is 39.9. The lowest BCUT2D eigenvalue weighted by Gasteiger charge is -2.05. The first kappa shape index (κ1) is 16.7. The molecule has 1 aromatic carbocycles. The monoisotopic (exact) mass is 349 g/mol. The first-order valence-electron chi connectivity index (χ1n) is 6.01. The second kappa shape index (κ2) is 6.62. The average Bonchev–Trinajstić information content (AvgIpc) is 2.75. The second-order valence-electron chi connectivity index (χ2n) is 4.35. The fraction of sp³-hybridized carbons (Fsp3) is 0.231. The summed E-state index contributed by atoms with van der Waals surface area (Å²) in [5, 5.41) is 15.6. The van der Waals surface area contributed by atoms with Gasteiger partial charge in [0.1, 0.15) is 5.03 Å². The predicted octanol–water partition coefficient (Wildman–Crippen LogP) is 4.19. The lowest BCUT2D eigenvalue weighted by molar-refractivity contribution is -0.141. The highest BCUT2D eigenvalue weighted by atomic mass is 35.5. The van der Waals surface area contributed by atoms with Crippen LogP contribution in [0, 0.1) is 0 Å². The van der Waals surface area contributed by atoms with Crippen molar-refractivity contribution in [2.24, 2.45) is 12.2 Å². The summed E-state index contributed by atoms with van der Waals surface area (Å²) in [7, 11) is 1.41. The number of aromatic nitrogens is 2. The Bertz CT molecular complexity index is 683. The molecule has 2 aromatic rings. The Morgan fingerprint density at radius 1 is 1.36 bits per heavy atom. The van der Waals surface area contributed by atoms with Crippen molar-refractivity contribution in [3.8, 4) is 0 Å². The van der Waals surface area contributed by atoms with E-state index in [1.54, 1.807) is 24.3 Å². The fourth-order valence-corrected chi connectivity index (χ4v) is 2.97. The lowest BCUT2D eigenvalue weighted by Crippen LogP contribution is -2.09. The molecule has 0 radical (unpaired) electrons. The van der Waals surface area contributed by atoms with Gasteiger partial charge in [0, 0.05) is 17.8 Å². The van der Waals surface area contributed by atoms with Crippen molar-refractivity contribution in [3.63, 3.8) is 0 Å². The minimum Gasteiger partial charge on any atom is -0.411 e. The zero-order chi connectivity index (χ0) is 16.3. The number of aryl methyl sites for hydroxylation is 1. The highest BCUT2D eigenvalue weighted by Crippen LogP contribution is 2.35. The van der Waals surface area contributed by atoms with Crippen LogP contribution >= 0.6 is 23.4 Å². The Labute approximate surface area is 133 Å². The zero-order valence-corrected chi connectivity index (χ0v) is 12.9. The maximum Gasteiger partial charge on any atom is 0.435 e. The fourth-order valence-electron chi connectivity index (χ4n) is 1.81. The van der Waals surface area contributed by atoms with E-state index in [2.05, 4.69) is 10.3 Å². The topological polar surface area (TPSA) is 50.4 Å². The van der Waals surface area contributed by atoms with E-state index in [4.69, 9.17) is 16.8 Å². The van der Waals surface area contributed by atoms with Gasteiger partial charge in [0.05, 0.1) is 11.8 Å². The molecular weight excluding hydrogens is 339 g/mol. The molecule has 0 spiro atoms. The van der Waals surface area contributed by atoms with Crippen molar-refractivity contribution in [1.29, 1.82) is 0 Å². The Morgan fingerprint density at radius 2 is 2.00 bits per heavy atom. The Hall–Kier alpha value is -1.67. The third kappa shape index (κ3) is 3.75. The second-order valence-corrected chi connectivity index (χ2v) is 5.75. The molecule has 0 atom stereocenters. The van der Waals surface area contributed by atoms with Gasteiger partial charge < -0.3 is 5.21 Å². The Balaban J connectivity index is 2.30. The van der Waals surface area contributed by atoms with Gasteiger partial charge in [-0.25, -0.2) is 0 Å². The molecule has 9 heteroatoms. The van der Waals surface area contributed by atoms with Crippen LogP contribution in [0.3, 0.4) is 0 Å². The molecule has 0 aliphatic carbocycles. The molecule has 0 unspecified atom stereocenters. The van der Waals surface area contributed by atoms with E-state index < -0.39 is 11.9 Å². The SMILES string of the molecule is Cn1nc(C(F)(F)F)c(/C=N/O)c1SCc1ccc(Cl)cc1. The molecule has 1 aromatic heterocycles. The summed E-state index contributed by atoms with van der Waals surface area (Å²) in [6, 6.07) is 6.99. The van der Waals surface area contributed by atoms with Crippen LogP contribution in [0.15, 0.2) is 34.4 Å². The molecular formula is C13H11ClF3N3OS. The molecule has 0 aliphatic heterocycles. The smallest absolute Gasteiger partial charge is 0.411 e. The summed E-state index contributed by atoms with van der Waals surface area (Å²) in [5.74, 6) is 0.431. The summed E-state index contributed by atoms with van der Waals surface area (Å²) in [6.45, 7) is 0. The number of rotatable bonds is 4. The van der Waals surface area contributed by atoms with Crippen molar-refractivity contribution in [3.05, 3.63) is 46.1 Å². The van der Waals surface area contributed by atoms with Gasteiger partial charge in [0.25, 0.3) is 0 Å². The van der Waals surface area contributed by atoms with Crippen LogP contribution in [0.25, 0.3) is 0 Å². The van der Waals surface area contributed by atoms with Crippen LogP contribution in [0.4, 0.5) is 13.2 Å². The van der Waals surface area contributed by atoms with E-state index >= 15 is 0 Å². The van der Waals surface area contributed by atoms with Crippen molar-refractivity contribution >= 4 is 29.6 Å². The first-order chi connectivity index (χ1) is 10.3. The number of hydrogen-bond donors (Lipinski definition) is 1. The molecule has 0 amide bonds. The highest BCUT2D eigenvalue weighted by Gasteiger charge is 2.38. The third-order valence-electron chi connectivity index (χ3n) is 2.77. The number of nitrogens with zero attached hydrogens (tertiary/aromatic N) is 3. The molecule has 0 aliphatic rings. The molecule has 0 fully saturated rings. The number of oxime groups is 1. The molecule has 1 heterocycles. The standard InChI is InChI=1S/C13H11ClF3N3OS/c1-20-12(22-7-8-2-4-9(14)5-3-8)10(6-18-21)11(19-20)13(15,16)17/h2-6,21H,7H2,1H3/b18-6+. The molecule has 0 saturated carbocycles. The van der Waals surface area contributed by atoms with Gasteiger partial charge >= 0.3 is 6.18 Å². The van der Waals surface area contributed by atoms with Crippen molar-refractivity contribution in [2.75, 3.05) is 0 Å². The van der Waals surface area contributed by atoms with E-state index in [1.807, 2.05) is 0 Å². The largest absolute Gasteiger partial charge is 0.435 e. The van der Waals surface area contributed by atoms with Crippen molar-refractivity contribution in [1.82, 2.24) is 9.78 Å². The van der Waals surface area contributed by atoms with Crippen molar-refractivity contribution < 1.29 is 18.4 Å². The quantitative estimate of drug-likeness (QED) is 0.389. The van der Waals surface area contributed by atoms with Crippen LogP contribution in [-0.2, 0) is 19.0 Å². The van der Waals surface area contributed by atoms with E-state index in [0.29, 0.717) is 10.8 Å². The number of benzene rings is 1. The number of hydrogen-bond acceptors (Lipinski definition) is 4. The van der Waals surface area contributed by atoms with Gasteiger partial charge in [0.2, 0.25) is 0 Å². The average molecular weight is 350 g/mol. The molecule has 22 heavy (non-hydrogen) atoms. The van der Waals surface area contributed by atoms with Gasteiger partial charge in [-0.1, -0.05) is 28.9 Å². The maximum absolute atomic E-state index is 12.9. The van der Waals surface area contributed by atoms with E-state index in [9.17, 15) is 13.2 Å². The highest BCUT2D eigenvalue weighted by molar-refractivity contribution is 7.98. The molecule has 118 valence electrons. The maximum atomic E-state index is 12.9. The first-order valence-corrected chi connectivity index (χ1v) is 7.38. The zero-order valence-electron chi connectivity index (χ0n) is 11.3. The van der Waals surface area contributed by atoms with Crippen LogP contribution < -0.4 is 0 Å². The minimum atomic E-state index is -4.62. The number of alkyl halides is 3. The van der Waals surface area contributed by atoms with Crippen LogP contribution in [0.5, 0.6) is 0 Å². The lowest BCUT2D eigenvalue weighted by atomic mass is 10.2. The normalized spacial score (nSPS) is 12.2. The number of thioether (sulfide) groups is 1. The van der Waals surface area contributed by atoms with E-state index in [-0.39, 0.29) is 10.6 Å². The molecule has 0 saturated heterocycles. The van der Waals surface area contributed by atoms with Gasteiger partial charge in [-0.3, -0.25) is 4.68 Å². The van der Waals surface area contributed by atoms with Crippen LogP contribution in [-0.4, -0.2) is 21.2 Å². The predicted molar refractivity (Wildman–Crippen MR) is 78.6 cm³/mol. The third-order valence-corrected chi connectivity index (χ3v) is 4.26. The van der Waals surface area contributed by atoms with Gasteiger partial charge in [-0.2, -0.15) is 18.3 Å². The molecule has 1 N–H and O–H groups in total. The van der Waals surface area contributed by atoms with Crippen molar-refractivity contribution in [2.45, 2.75) is 17.0 Å². The molecule has 0 bridgehead atoms. The van der Waals surface area contributed by atoms with Gasteiger partial charge in [-0.15, -0.1) is 11.8 Å². The van der Waals surface area contributed by atoms with Crippen LogP contribution in [0.2, 0.25) is 5.02 Å². The molecule has 2 rings (SSSR count). The van der Waals surface area contributed by atoms with E-state index in [0.717, 1.165) is 28.2 Å². The minimum absolute atomic E-state index is 0.253. The van der Waals surface area contributed by atoms with Crippen LogP contribution in [0.1, 0.15) is 16.8 Å². The van der Waals surface area contributed by atoms with Gasteiger partial charge in [-0.05, 0) is 17.7 Å².